The Morgan fingerprint density at radius 1 is 1.40 bits per heavy atom. The molecule has 2 rings (SSSR count). The van der Waals surface area contributed by atoms with Gasteiger partial charge >= 0.3 is 0 Å². The summed E-state index contributed by atoms with van der Waals surface area (Å²) in [5.74, 6) is 0. The smallest absolute Gasteiger partial charge is 0.0703 e. The number of rotatable bonds is 6. The van der Waals surface area contributed by atoms with E-state index in [1.165, 1.54) is 18.4 Å². The van der Waals surface area contributed by atoms with Crippen molar-refractivity contribution in [2.24, 2.45) is 5.73 Å². The highest BCUT2D eigenvalue weighted by atomic mass is 79.9. The van der Waals surface area contributed by atoms with E-state index in [1.54, 1.807) is 0 Å². The number of nitrogens with two attached hydrogens (primary N) is 1. The summed E-state index contributed by atoms with van der Waals surface area (Å²) in [6.45, 7) is 7.15. The monoisotopic (exact) mass is 340 g/mol. The lowest BCUT2D eigenvalue weighted by molar-refractivity contribution is 0.0546. The van der Waals surface area contributed by atoms with Gasteiger partial charge in [-0.15, -0.1) is 0 Å². The fourth-order valence-corrected chi connectivity index (χ4v) is 3.26. The standard InChI is InChI=1S/C16H25BrN2O/c1-3-19(11-15-5-4-10-20-15)16(12(2)18)13-6-8-14(17)9-7-13/h6-9,12,15-16H,3-5,10-11,18H2,1-2H3. The molecule has 1 fully saturated rings. The topological polar surface area (TPSA) is 38.5 Å². The van der Waals surface area contributed by atoms with Gasteiger partial charge in [-0.05, 0) is 44.0 Å². The summed E-state index contributed by atoms with van der Waals surface area (Å²) in [6.07, 6.45) is 2.72. The second-order valence-corrected chi connectivity index (χ2v) is 6.49. The first kappa shape index (κ1) is 16.0. The molecular weight excluding hydrogens is 316 g/mol. The summed E-state index contributed by atoms with van der Waals surface area (Å²) in [5.41, 5.74) is 7.54. The van der Waals surface area contributed by atoms with Crippen molar-refractivity contribution in [1.82, 2.24) is 4.90 Å². The molecule has 1 aromatic rings. The Kier molecular flexibility index (Phi) is 6.02. The summed E-state index contributed by atoms with van der Waals surface area (Å²) < 4.78 is 6.88. The third-order valence-electron chi connectivity index (χ3n) is 3.97. The van der Waals surface area contributed by atoms with Crippen molar-refractivity contribution < 1.29 is 4.74 Å². The summed E-state index contributed by atoms with van der Waals surface area (Å²) >= 11 is 3.49. The van der Waals surface area contributed by atoms with Crippen LogP contribution in [0.5, 0.6) is 0 Å². The molecule has 0 spiro atoms. The number of likely N-dealkylation sites (N-methyl/N-ethyl adjacent to an activating group) is 1. The van der Waals surface area contributed by atoms with Gasteiger partial charge in [-0.25, -0.2) is 0 Å². The maximum absolute atomic E-state index is 6.26. The number of benzene rings is 1. The van der Waals surface area contributed by atoms with Crippen LogP contribution in [0.3, 0.4) is 0 Å². The van der Waals surface area contributed by atoms with E-state index in [4.69, 9.17) is 10.5 Å². The maximum Gasteiger partial charge on any atom is 0.0703 e. The van der Waals surface area contributed by atoms with Gasteiger partial charge in [-0.2, -0.15) is 0 Å². The first-order valence-corrected chi connectivity index (χ1v) is 8.27. The van der Waals surface area contributed by atoms with E-state index in [0.717, 1.165) is 24.2 Å². The van der Waals surface area contributed by atoms with Crippen molar-refractivity contribution in [1.29, 1.82) is 0 Å². The Hall–Kier alpha value is -0.420. The fraction of sp³-hybridized carbons (Fsp3) is 0.625. The molecule has 0 aliphatic carbocycles. The molecule has 2 N–H and O–H groups in total. The van der Waals surface area contributed by atoms with Crippen LogP contribution in [0.1, 0.15) is 38.3 Å². The second kappa shape index (κ2) is 7.55. The van der Waals surface area contributed by atoms with E-state index in [2.05, 4.69) is 58.9 Å². The van der Waals surface area contributed by atoms with Gasteiger partial charge in [-0.1, -0.05) is 35.0 Å². The molecule has 1 aromatic carbocycles. The van der Waals surface area contributed by atoms with Crippen LogP contribution < -0.4 is 5.73 Å². The first-order chi connectivity index (χ1) is 9.61. The predicted molar refractivity (Wildman–Crippen MR) is 86.8 cm³/mol. The molecule has 112 valence electrons. The molecular formula is C16H25BrN2O. The molecule has 0 radical (unpaired) electrons. The van der Waals surface area contributed by atoms with Crippen LogP contribution in [0.25, 0.3) is 0 Å². The quantitative estimate of drug-likeness (QED) is 0.863. The average molecular weight is 341 g/mol. The summed E-state index contributed by atoms with van der Waals surface area (Å²) in [4.78, 5) is 2.45. The largest absolute Gasteiger partial charge is 0.377 e. The van der Waals surface area contributed by atoms with Crippen molar-refractivity contribution in [2.75, 3.05) is 19.7 Å². The van der Waals surface area contributed by atoms with E-state index in [1.807, 2.05) is 0 Å². The molecule has 0 aromatic heterocycles. The van der Waals surface area contributed by atoms with E-state index in [0.29, 0.717) is 6.10 Å². The zero-order chi connectivity index (χ0) is 14.5. The van der Waals surface area contributed by atoms with Gasteiger partial charge in [0, 0.05) is 29.7 Å². The maximum atomic E-state index is 6.26. The van der Waals surface area contributed by atoms with Gasteiger partial charge in [0.05, 0.1) is 6.10 Å². The summed E-state index contributed by atoms with van der Waals surface area (Å²) in [7, 11) is 0. The average Bonchev–Trinajstić information content (AvgIpc) is 2.92. The Bertz CT molecular complexity index is 401. The lowest BCUT2D eigenvalue weighted by atomic mass is 9.98. The SMILES string of the molecule is CCN(CC1CCCO1)C(c1ccc(Br)cc1)C(C)N. The minimum Gasteiger partial charge on any atom is -0.377 e. The normalized spacial score (nSPS) is 22.1. The third kappa shape index (κ3) is 4.04. The highest BCUT2D eigenvalue weighted by molar-refractivity contribution is 9.10. The molecule has 0 amide bonds. The fourth-order valence-electron chi connectivity index (χ4n) is 3.00. The summed E-state index contributed by atoms with van der Waals surface area (Å²) in [6, 6.07) is 8.84. The molecule has 3 unspecified atom stereocenters. The van der Waals surface area contributed by atoms with Crippen LogP contribution >= 0.6 is 15.9 Å². The van der Waals surface area contributed by atoms with E-state index < -0.39 is 0 Å². The van der Waals surface area contributed by atoms with E-state index in [-0.39, 0.29) is 12.1 Å². The molecule has 3 atom stereocenters. The number of ether oxygens (including phenoxy) is 1. The molecule has 1 heterocycles. The van der Waals surface area contributed by atoms with E-state index in [9.17, 15) is 0 Å². The lowest BCUT2D eigenvalue weighted by Crippen LogP contribution is -2.42. The Morgan fingerprint density at radius 2 is 2.10 bits per heavy atom. The van der Waals surface area contributed by atoms with Crippen molar-refractivity contribution >= 4 is 15.9 Å². The minimum absolute atomic E-state index is 0.0949. The van der Waals surface area contributed by atoms with Gasteiger partial charge in [0.1, 0.15) is 0 Å². The van der Waals surface area contributed by atoms with Gasteiger partial charge in [0.25, 0.3) is 0 Å². The molecule has 4 heteroatoms. The molecule has 1 aliphatic heterocycles. The number of hydrogen-bond acceptors (Lipinski definition) is 3. The molecule has 20 heavy (non-hydrogen) atoms. The van der Waals surface area contributed by atoms with Crippen LogP contribution in [0.4, 0.5) is 0 Å². The van der Waals surface area contributed by atoms with Gasteiger partial charge in [0.2, 0.25) is 0 Å². The molecule has 0 saturated carbocycles. The zero-order valence-electron chi connectivity index (χ0n) is 12.4. The van der Waals surface area contributed by atoms with Crippen LogP contribution in [-0.2, 0) is 4.74 Å². The minimum atomic E-state index is 0.0949. The third-order valence-corrected chi connectivity index (χ3v) is 4.50. The highest BCUT2D eigenvalue weighted by Crippen LogP contribution is 2.26. The van der Waals surface area contributed by atoms with Crippen LogP contribution in [0.15, 0.2) is 28.7 Å². The van der Waals surface area contributed by atoms with Crippen molar-refractivity contribution in [2.45, 2.75) is 44.9 Å². The zero-order valence-corrected chi connectivity index (χ0v) is 14.0. The van der Waals surface area contributed by atoms with E-state index >= 15 is 0 Å². The highest BCUT2D eigenvalue weighted by Gasteiger charge is 2.27. The number of nitrogens with zero attached hydrogens (tertiary/aromatic N) is 1. The van der Waals surface area contributed by atoms with Crippen molar-refractivity contribution in [3.05, 3.63) is 34.3 Å². The van der Waals surface area contributed by atoms with Crippen molar-refractivity contribution in [3.8, 4) is 0 Å². The van der Waals surface area contributed by atoms with Gasteiger partial charge < -0.3 is 10.5 Å². The van der Waals surface area contributed by atoms with Gasteiger partial charge in [0.15, 0.2) is 0 Å². The van der Waals surface area contributed by atoms with Crippen LogP contribution in [0.2, 0.25) is 0 Å². The predicted octanol–water partition coefficient (Wildman–Crippen LogP) is 3.34. The lowest BCUT2D eigenvalue weighted by Gasteiger charge is -2.35. The number of hydrogen-bond donors (Lipinski definition) is 1. The Morgan fingerprint density at radius 3 is 2.60 bits per heavy atom. The second-order valence-electron chi connectivity index (χ2n) is 5.58. The Labute approximate surface area is 130 Å². The first-order valence-electron chi connectivity index (χ1n) is 7.48. The molecule has 0 bridgehead atoms. The molecule has 1 aliphatic rings. The van der Waals surface area contributed by atoms with Crippen LogP contribution in [0, 0.1) is 0 Å². The summed E-state index contributed by atoms with van der Waals surface area (Å²) in [5, 5.41) is 0. The Balaban J connectivity index is 2.14. The number of halogens is 1. The van der Waals surface area contributed by atoms with Gasteiger partial charge in [-0.3, -0.25) is 4.90 Å². The molecule has 1 saturated heterocycles. The van der Waals surface area contributed by atoms with Crippen LogP contribution in [-0.4, -0.2) is 36.7 Å². The molecule has 3 nitrogen and oxygen atoms in total. The van der Waals surface area contributed by atoms with Crippen molar-refractivity contribution in [3.63, 3.8) is 0 Å².